The zero-order chi connectivity index (χ0) is 16.2. The van der Waals surface area contributed by atoms with E-state index in [4.69, 9.17) is 17.3 Å². The number of benzene rings is 2. The SMILES string of the molecule is Nc1nc(Nc2ccccc2)sc1C(=O)Nc1cccc(Cl)c1. The number of aromatic nitrogens is 1. The van der Waals surface area contributed by atoms with Gasteiger partial charge in [0.1, 0.15) is 10.7 Å². The number of carbonyl (C=O) groups excluding carboxylic acids is 1. The van der Waals surface area contributed by atoms with Crippen LogP contribution in [0.3, 0.4) is 0 Å². The Hall–Kier alpha value is -2.57. The minimum Gasteiger partial charge on any atom is -0.382 e. The molecule has 0 atom stereocenters. The van der Waals surface area contributed by atoms with Crippen LogP contribution in [0.4, 0.5) is 22.3 Å². The number of para-hydroxylation sites is 1. The van der Waals surface area contributed by atoms with Crippen molar-refractivity contribution in [3.8, 4) is 0 Å². The van der Waals surface area contributed by atoms with E-state index in [1.54, 1.807) is 24.3 Å². The van der Waals surface area contributed by atoms with Gasteiger partial charge in [0.2, 0.25) is 0 Å². The van der Waals surface area contributed by atoms with E-state index in [9.17, 15) is 4.79 Å². The molecule has 0 aliphatic heterocycles. The van der Waals surface area contributed by atoms with Crippen LogP contribution in [0, 0.1) is 0 Å². The number of halogens is 1. The van der Waals surface area contributed by atoms with Crippen molar-refractivity contribution in [2.24, 2.45) is 0 Å². The highest BCUT2D eigenvalue weighted by molar-refractivity contribution is 7.18. The zero-order valence-electron chi connectivity index (χ0n) is 11.9. The summed E-state index contributed by atoms with van der Waals surface area (Å²) in [5, 5.41) is 6.98. The molecule has 23 heavy (non-hydrogen) atoms. The first kappa shape index (κ1) is 15.3. The highest BCUT2D eigenvalue weighted by Crippen LogP contribution is 2.28. The van der Waals surface area contributed by atoms with Crippen LogP contribution < -0.4 is 16.4 Å². The molecule has 0 fully saturated rings. The molecule has 0 aliphatic rings. The van der Waals surface area contributed by atoms with Crippen LogP contribution in [0.1, 0.15) is 9.67 Å². The fourth-order valence-corrected chi connectivity index (χ4v) is 2.94. The van der Waals surface area contributed by atoms with Crippen molar-refractivity contribution in [2.45, 2.75) is 0 Å². The normalized spacial score (nSPS) is 10.3. The molecule has 0 saturated heterocycles. The first-order valence-electron chi connectivity index (χ1n) is 6.77. The van der Waals surface area contributed by atoms with Gasteiger partial charge in [-0.2, -0.15) is 0 Å². The fourth-order valence-electron chi connectivity index (χ4n) is 1.95. The molecule has 0 bridgehead atoms. The second-order valence-corrected chi connectivity index (χ2v) is 6.12. The van der Waals surface area contributed by atoms with Crippen molar-refractivity contribution < 1.29 is 4.79 Å². The molecule has 0 radical (unpaired) electrons. The molecule has 3 aromatic rings. The summed E-state index contributed by atoms with van der Waals surface area (Å²) in [5.41, 5.74) is 7.33. The lowest BCUT2D eigenvalue weighted by Gasteiger charge is -2.03. The zero-order valence-corrected chi connectivity index (χ0v) is 13.5. The number of nitrogens with zero attached hydrogens (tertiary/aromatic N) is 1. The number of carbonyl (C=O) groups is 1. The fraction of sp³-hybridized carbons (Fsp3) is 0. The third-order valence-electron chi connectivity index (χ3n) is 2.97. The van der Waals surface area contributed by atoms with Crippen molar-refractivity contribution in [3.05, 3.63) is 64.5 Å². The molecule has 5 nitrogen and oxygen atoms in total. The second-order valence-electron chi connectivity index (χ2n) is 4.69. The van der Waals surface area contributed by atoms with Gasteiger partial charge >= 0.3 is 0 Å². The summed E-state index contributed by atoms with van der Waals surface area (Å²) in [6.45, 7) is 0. The molecule has 0 unspecified atom stereocenters. The van der Waals surface area contributed by atoms with E-state index >= 15 is 0 Å². The Labute approximate surface area is 142 Å². The number of anilines is 4. The molecular formula is C16H13ClN4OS. The van der Waals surface area contributed by atoms with Crippen LogP contribution in [-0.2, 0) is 0 Å². The maximum absolute atomic E-state index is 12.3. The summed E-state index contributed by atoms with van der Waals surface area (Å²) in [6, 6.07) is 16.5. The summed E-state index contributed by atoms with van der Waals surface area (Å²) in [5.74, 6) is -0.128. The monoisotopic (exact) mass is 344 g/mol. The maximum Gasteiger partial charge on any atom is 0.269 e. The number of amides is 1. The van der Waals surface area contributed by atoms with Gasteiger partial charge in [-0.1, -0.05) is 47.2 Å². The summed E-state index contributed by atoms with van der Waals surface area (Å²) < 4.78 is 0. The molecule has 1 aromatic heterocycles. The molecule has 0 aliphatic carbocycles. The van der Waals surface area contributed by atoms with E-state index in [1.807, 2.05) is 30.3 Å². The smallest absolute Gasteiger partial charge is 0.269 e. The molecule has 2 aromatic carbocycles. The number of hydrogen-bond donors (Lipinski definition) is 3. The van der Waals surface area contributed by atoms with Gasteiger partial charge in [0.25, 0.3) is 5.91 Å². The van der Waals surface area contributed by atoms with Gasteiger partial charge in [0, 0.05) is 16.4 Å². The lowest BCUT2D eigenvalue weighted by molar-refractivity contribution is 0.103. The largest absolute Gasteiger partial charge is 0.382 e. The van der Waals surface area contributed by atoms with Crippen molar-refractivity contribution >= 4 is 51.2 Å². The number of nitrogens with one attached hydrogen (secondary N) is 2. The van der Waals surface area contributed by atoms with E-state index in [1.165, 1.54) is 11.3 Å². The quantitative estimate of drug-likeness (QED) is 0.656. The number of nitrogens with two attached hydrogens (primary N) is 1. The van der Waals surface area contributed by atoms with Gasteiger partial charge in [-0.25, -0.2) is 4.98 Å². The van der Waals surface area contributed by atoms with Crippen LogP contribution in [0.5, 0.6) is 0 Å². The van der Waals surface area contributed by atoms with Crippen molar-refractivity contribution in [1.82, 2.24) is 4.98 Å². The Balaban J connectivity index is 1.76. The van der Waals surface area contributed by atoms with Gasteiger partial charge in [-0.3, -0.25) is 4.79 Å². The van der Waals surface area contributed by atoms with E-state index in [0.29, 0.717) is 20.7 Å². The van der Waals surface area contributed by atoms with Crippen LogP contribution >= 0.6 is 22.9 Å². The molecular weight excluding hydrogens is 332 g/mol. The number of hydrogen-bond acceptors (Lipinski definition) is 5. The Morgan fingerprint density at radius 2 is 1.83 bits per heavy atom. The van der Waals surface area contributed by atoms with Crippen LogP contribution in [0.15, 0.2) is 54.6 Å². The highest BCUT2D eigenvalue weighted by Gasteiger charge is 2.16. The van der Waals surface area contributed by atoms with Crippen LogP contribution in [0.25, 0.3) is 0 Å². The highest BCUT2D eigenvalue weighted by atomic mass is 35.5. The Bertz CT molecular complexity index is 835. The van der Waals surface area contributed by atoms with Crippen molar-refractivity contribution in [2.75, 3.05) is 16.4 Å². The topological polar surface area (TPSA) is 80.0 Å². The minimum atomic E-state index is -0.316. The molecule has 3 rings (SSSR count). The average molecular weight is 345 g/mol. The van der Waals surface area contributed by atoms with Gasteiger partial charge in [-0.05, 0) is 30.3 Å². The van der Waals surface area contributed by atoms with E-state index in [2.05, 4.69) is 15.6 Å². The molecule has 4 N–H and O–H groups in total. The predicted octanol–water partition coefficient (Wildman–Crippen LogP) is 4.37. The van der Waals surface area contributed by atoms with Gasteiger partial charge in [0.05, 0.1) is 0 Å². The Morgan fingerprint density at radius 1 is 1.09 bits per heavy atom. The second kappa shape index (κ2) is 6.68. The molecule has 1 amide bonds. The number of rotatable bonds is 4. The lowest BCUT2D eigenvalue weighted by atomic mass is 10.3. The molecule has 7 heteroatoms. The first-order chi connectivity index (χ1) is 11.1. The Morgan fingerprint density at radius 3 is 2.57 bits per heavy atom. The van der Waals surface area contributed by atoms with Crippen molar-refractivity contribution in [1.29, 1.82) is 0 Å². The first-order valence-corrected chi connectivity index (χ1v) is 7.96. The molecule has 116 valence electrons. The van der Waals surface area contributed by atoms with Crippen LogP contribution in [-0.4, -0.2) is 10.9 Å². The summed E-state index contributed by atoms with van der Waals surface area (Å²) >= 11 is 7.10. The average Bonchev–Trinajstić information content (AvgIpc) is 2.89. The summed E-state index contributed by atoms with van der Waals surface area (Å²) in [4.78, 5) is 16.9. The molecule has 0 saturated carbocycles. The molecule has 1 heterocycles. The van der Waals surface area contributed by atoms with E-state index in [-0.39, 0.29) is 11.7 Å². The van der Waals surface area contributed by atoms with E-state index < -0.39 is 0 Å². The predicted molar refractivity (Wildman–Crippen MR) is 95.7 cm³/mol. The molecule has 0 spiro atoms. The van der Waals surface area contributed by atoms with Crippen LogP contribution in [0.2, 0.25) is 5.02 Å². The van der Waals surface area contributed by atoms with Gasteiger partial charge in [0.15, 0.2) is 5.13 Å². The number of nitrogen functional groups attached to an aromatic ring is 1. The Kier molecular flexibility index (Phi) is 4.45. The third kappa shape index (κ3) is 3.80. The standard InChI is InChI=1S/C16H13ClN4OS/c17-10-5-4-8-12(9-10)19-15(22)13-14(18)21-16(23-13)20-11-6-2-1-3-7-11/h1-9H,18H2,(H,19,22)(H,20,21). The summed E-state index contributed by atoms with van der Waals surface area (Å²) in [7, 11) is 0. The van der Waals surface area contributed by atoms with Gasteiger partial charge < -0.3 is 16.4 Å². The third-order valence-corrected chi connectivity index (χ3v) is 4.19. The van der Waals surface area contributed by atoms with Gasteiger partial charge in [-0.15, -0.1) is 0 Å². The van der Waals surface area contributed by atoms with Crippen molar-refractivity contribution in [3.63, 3.8) is 0 Å². The number of thiazole rings is 1. The lowest BCUT2D eigenvalue weighted by Crippen LogP contribution is -2.12. The van der Waals surface area contributed by atoms with E-state index in [0.717, 1.165) is 5.69 Å². The maximum atomic E-state index is 12.3. The minimum absolute atomic E-state index is 0.188. The summed E-state index contributed by atoms with van der Waals surface area (Å²) in [6.07, 6.45) is 0.